The molecule has 0 aliphatic rings. The summed E-state index contributed by atoms with van der Waals surface area (Å²) in [4.78, 5) is 4.56. The van der Waals surface area contributed by atoms with E-state index in [2.05, 4.69) is 40.6 Å². The molecule has 0 aliphatic heterocycles. The van der Waals surface area contributed by atoms with Gasteiger partial charge in [0.1, 0.15) is 0 Å². The molecule has 0 atom stereocenters. The van der Waals surface area contributed by atoms with Crippen LogP contribution >= 0.6 is 11.6 Å². The van der Waals surface area contributed by atoms with Crippen molar-refractivity contribution in [1.29, 1.82) is 0 Å². The van der Waals surface area contributed by atoms with Gasteiger partial charge in [-0.1, -0.05) is 42.8 Å². The zero-order valence-corrected chi connectivity index (χ0v) is 11.8. The molecule has 3 aromatic rings. The van der Waals surface area contributed by atoms with Crippen molar-refractivity contribution in [2.24, 2.45) is 0 Å². The summed E-state index contributed by atoms with van der Waals surface area (Å²) in [6.45, 7) is 4.18. The van der Waals surface area contributed by atoms with Crippen LogP contribution in [0.4, 0.5) is 0 Å². The van der Waals surface area contributed by atoms with Gasteiger partial charge in [0.05, 0.1) is 16.4 Å². The van der Waals surface area contributed by atoms with E-state index in [0.29, 0.717) is 5.02 Å². The minimum Gasteiger partial charge on any atom is -0.298 e. The highest BCUT2D eigenvalue weighted by atomic mass is 35.5. The molecular weight excluding hydrogens is 256 g/mol. The number of aromatic nitrogens is 2. The van der Waals surface area contributed by atoms with Crippen LogP contribution in [0.5, 0.6) is 0 Å². The SMILES string of the molecule is CCc1ccc(-c2c(C)nc3c(Cl)cccn23)cc1. The molecule has 1 aromatic carbocycles. The average molecular weight is 271 g/mol. The highest BCUT2D eigenvalue weighted by molar-refractivity contribution is 6.33. The second-order valence-corrected chi connectivity index (χ2v) is 5.05. The van der Waals surface area contributed by atoms with Gasteiger partial charge in [0.15, 0.2) is 5.65 Å². The minimum atomic E-state index is 0.682. The molecule has 0 saturated carbocycles. The maximum Gasteiger partial charge on any atom is 0.156 e. The first-order chi connectivity index (χ1) is 9.20. The molecule has 3 rings (SSSR count). The van der Waals surface area contributed by atoms with Crippen molar-refractivity contribution in [1.82, 2.24) is 9.38 Å². The van der Waals surface area contributed by atoms with Gasteiger partial charge in [0.25, 0.3) is 0 Å². The zero-order chi connectivity index (χ0) is 13.4. The Labute approximate surface area is 117 Å². The van der Waals surface area contributed by atoms with E-state index in [-0.39, 0.29) is 0 Å². The molecule has 0 aliphatic carbocycles. The van der Waals surface area contributed by atoms with Gasteiger partial charge in [0, 0.05) is 11.8 Å². The molecule has 0 radical (unpaired) electrons. The third kappa shape index (κ3) is 2.02. The Morgan fingerprint density at radius 2 is 1.89 bits per heavy atom. The van der Waals surface area contributed by atoms with Gasteiger partial charge in [-0.3, -0.25) is 4.40 Å². The second kappa shape index (κ2) is 4.71. The second-order valence-electron chi connectivity index (χ2n) is 4.65. The summed E-state index contributed by atoms with van der Waals surface area (Å²) in [5.74, 6) is 0. The summed E-state index contributed by atoms with van der Waals surface area (Å²) in [6.07, 6.45) is 3.06. The molecule has 0 unspecified atom stereocenters. The van der Waals surface area contributed by atoms with Gasteiger partial charge in [0.2, 0.25) is 0 Å². The minimum absolute atomic E-state index is 0.682. The fourth-order valence-corrected chi connectivity index (χ4v) is 2.60. The summed E-state index contributed by atoms with van der Waals surface area (Å²) < 4.78 is 2.05. The number of hydrogen-bond donors (Lipinski definition) is 0. The van der Waals surface area contributed by atoms with E-state index in [1.807, 2.05) is 25.3 Å². The van der Waals surface area contributed by atoms with Gasteiger partial charge in [-0.15, -0.1) is 0 Å². The van der Waals surface area contributed by atoms with Gasteiger partial charge < -0.3 is 0 Å². The van der Waals surface area contributed by atoms with Crippen molar-refractivity contribution in [2.45, 2.75) is 20.3 Å². The van der Waals surface area contributed by atoms with E-state index in [9.17, 15) is 0 Å². The first-order valence-corrected chi connectivity index (χ1v) is 6.81. The lowest BCUT2D eigenvalue weighted by atomic mass is 10.1. The van der Waals surface area contributed by atoms with E-state index in [1.54, 1.807) is 0 Å². The largest absolute Gasteiger partial charge is 0.298 e. The van der Waals surface area contributed by atoms with Crippen LogP contribution < -0.4 is 0 Å². The Balaban J connectivity index is 2.23. The molecule has 0 spiro atoms. The van der Waals surface area contributed by atoms with Crippen LogP contribution in [-0.4, -0.2) is 9.38 Å². The smallest absolute Gasteiger partial charge is 0.156 e. The molecule has 2 aromatic heterocycles. The van der Waals surface area contributed by atoms with Gasteiger partial charge in [-0.2, -0.15) is 0 Å². The number of hydrogen-bond acceptors (Lipinski definition) is 1. The Morgan fingerprint density at radius 1 is 1.16 bits per heavy atom. The average Bonchev–Trinajstić information content (AvgIpc) is 2.77. The summed E-state index contributed by atoms with van der Waals surface area (Å²) in [7, 11) is 0. The highest BCUT2D eigenvalue weighted by Gasteiger charge is 2.12. The lowest BCUT2D eigenvalue weighted by molar-refractivity contribution is 1.14. The molecule has 2 heterocycles. The Morgan fingerprint density at radius 3 is 2.58 bits per heavy atom. The van der Waals surface area contributed by atoms with Crippen molar-refractivity contribution in [2.75, 3.05) is 0 Å². The fraction of sp³-hybridized carbons (Fsp3) is 0.188. The number of imidazole rings is 1. The molecule has 0 N–H and O–H groups in total. The van der Waals surface area contributed by atoms with Crippen molar-refractivity contribution in [3.63, 3.8) is 0 Å². The van der Waals surface area contributed by atoms with Crippen LogP contribution in [0.2, 0.25) is 5.02 Å². The van der Waals surface area contributed by atoms with Crippen molar-refractivity contribution in [3.05, 3.63) is 58.9 Å². The maximum atomic E-state index is 6.19. The van der Waals surface area contributed by atoms with E-state index < -0.39 is 0 Å². The Kier molecular flexibility index (Phi) is 3.03. The molecule has 0 saturated heterocycles. The quantitative estimate of drug-likeness (QED) is 0.669. The number of nitrogens with zero attached hydrogens (tertiary/aromatic N) is 2. The first kappa shape index (κ1) is 12.2. The lowest BCUT2D eigenvalue weighted by Gasteiger charge is -2.05. The van der Waals surface area contributed by atoms with Crippen LogP contribution in [0.3, 0.4) is 0 Å². The Bertz CT molecular complexity index is 726. The topological polar surface area (TPSA) is 17.3 Å². The van der Waals surface area contributed by atoms with Crippen molar-refractivity contribution < 1.29 is 0 Å². The van der Waals surface area contributed by atoms with Gasteiger partial charge in [-0.25, -0.2) is 4.98 Å². The molecule has 0 bridgehead atoms. The van der Waals surface area contributed by atoms with E-state index >= 15 is 0 Å². The van der Waals surface area contributed by atoms with Crippen LogP contribution in [0.15, 0.2) is 42.6 Å². The lowest BCUT2D eigenvalue weighted by Crippen LogP contribution is -1.90. The van der Waals surface area contributed by atoms with Gasteiger partial charge in [-0.05, 0) is 31.0 Å². The predicted octanol–water partition coefficient (Wildman–Crippen LogP) is 4.53. The normalized spacial score (nSPS) is 11.1. The summed E-state index contributed by atoms with van der Waals surface area (Å²) >= 11 is 6.19. The van der Waals surface area contributed by atoms with Crippen LogP contribution in [0.25, 0.3) is 16.9 Å². The highest BCUT2D eigenvalue weighted by Crippen LogP contribution is 2.28. The predicted molar refractivity (Wildman–Crippen MR) is 79.8 cm³/mol. The number of rotatable bonds is 2. The van der Waals surface area contributed by atoms with E-state index in [4.69, 9.17) is 11.6 Å². The molecule has 2 nitrogen and oxygen atoms in total. The van der Waals surface area contributed by atoms with Crippen LogP contribution in [0, 0.1) is 6.92 Å². The Hall–Kier alpha value is -1.80. The number of pyridine rings is 1. The third-order valence-electron chi connectivity index (χ3n) is 3.41. The van der Waals surface area contributed by atoms with Crippen LogP contribution in [-0.2, 0) is 6.42 Å². The summed E-state index contributed by atoms with van der Waals surface area (Å²) in [6, 6.07) is 12.4. The van der Waals surface area contributed by atoms with Crippen LogP contribution in [0.1, 0.15) is 18.2 Å². The van der Waals surface area contributed by atoms with E-state index in [1.165, 1.54) is 11.1 Å². The maximum absolute atomic E-state index is 6.19. The molecule has 0 fully saturated rings. The number of fused-ring (bicyclic) bond motifs is 1. The standard InChI is InChI=1S/C16H15ClN2/c1-3-12-6-8-13(9-7-12)15-11(2)18-16-14(17)5-4-10-19(15)16/h4-10H,3H2,1-2H3. The third-order valence-corrected chi connectivity index (χ3v) is 3.71. The number of halogens is 1. The summed E-state index contributed by atoms with van der Waals surface area (Å²) in [5.41, 5.74) is 5.44. The fourth-order valence-electron chi connectivity index (χ4n) is 2.39. The van der Waals surface area contributed by atoms with Crippen molar-refractivity contribution >= 4 is 17.2 Å². The monoisotopic (exact) mass is 270 g/mol. The molecule has 0 amide bonds. The van der Waals surface area contributed by atoms with Gasteiger partial charge >= 0.3 is 0 Å². The number of aryl methyl sites for hydroxylation is 2. The number of benzene rings is 1. The molecular formula is C16H15ClN2. The molecule has 96 valence electrons. The zero-order valence-electron chi connectivity index (χ0n) is 11.0. The molecule has 19 heavy (non-hydrogen) atoms. The summed E-state index contributed by atoms with van der Waals surface area (Å²) in [5, 5.41) is 0.682. The van der Waals surface area contributed by atoms with Crippen molar-refractivity contribution in [3.8, 4) is 11.3 Å². The van der Waals surface area contributed by atoms with E-state index in [0.717, 1.165) is 23.5 Å². The first-order valence-electron chi connectivity index (χ1n) is 6.43. The molecule has 3 heteroatoms.